The molecule has 11 heteroatoms. The number of para-hydroxylation sites is 2. The maximum absolute atomic E-state index is 16.4. The van der Waals surface area contributed by atoms with Crippen LogP contribution < -0.4 is 20.1 Å². The van der Waals surface area contributed by atoms with Crippen molar-refractivity contribution >= 4 is 39.0 Å². The van der Waals surface area contributed by atoms with Gasteiger partial charge in [-0.2, -0.15) is 0 Å². The lowest BCUT2D eigenvalue weighted by molar-refractivity contribution is -0.122. The minimum Gasteiger partial charge on any atom is -0.481 e. The Morgan fingerprint density at radius 1 is 0.589 bits per heavy atom. The van der Waals surface area contributed by atoms with Gasteiger partial charge in [0.2, 0.25) is 11.8 Å². The second kappa shape index (κ2) is 15.8. The Bertz CT molecular complexity index is 2460. The number of nitrogens with one attached hydrogen (secondary N) is 4. The molecule has 0 aliphatic rings. The number of benzene rings is 4. The summed E-state index contributed by atoms with van der Waals surface area (Å²) in [6, 6.07) is 33.4. The van der Waals surface area contributed by atoms with Crippen LogP contribution in [0.3, 0.4) is 0 Å². The van der Waals surface area contributed by atoms with Crippen LogP contribution in [0.2, 0.25) is 0 Å². The maximum atomic E-state index is 16.4. The van der Waals surface area contributed by atoms with E-state index in [4.69, 9.17) is 9.47 Å². The third kappa shape index (κ3) is 7.26. The molecule has 0 aliphatic carbocycles. The van der Waals surface area contributed by atoms with Crippen LogP contribution in [0.4, 0.5) is 20.2 Å². The fourth-order valence-corrected chi connectivity index (χ4v) is 7.59. The average Bonchev–Trinajstić information content (AvgIpc) is 3.85. The van der Waals surface area contributed by atoms with Crippen LogP contribution in [-0.4, -0.2) is 39.9 Å². The van der Waals surface area contributed by atoms with Crippen LogP contribution >= 0.6 is 0 Å². The number of aromatic nitrogens is 4. The first-order valence-electron chi connectivity index (χ1n) is 18.1. The van der Waals surface area contributed by atoms with E-state index < -0.39 is 35.6 Å². The minimum absolute atomic E-state index is 0.218. The van der Waals surface area contributed by atoms with Crippen LogP contribution in [0.5, 0.6) is 11.8 Å². The molecule has 0 aliphatic heterocycles. The number of H-pyrrole nitrogens is 2. The SMILES string of the molecule is COc1cc(NC(c2cccc(F)c2)C(C(=O)C(c2c[nH]c3ccccc23)C(Nc2ccnc(OC)c2)c2cccc(F)c2)c2c[nH]c3ccccc23)ccn1. The zero-order chi connectivity index (χ0) is 38.6. The van der Waals surface area contributed by atoms with Crippen LogP contribution in [-0.2, 0) is 4.79 Å². The Morgan fingerprint density at radius 2 is 1.04 bits per heavy atom. The van der Waals surface area contributed by atoms with Crippen molar-refractivity contribution in [1.29, 1.82) is 0 Å². The lowest BCUT2D eigenvalue weighted by Gasteiger charge is -2.35. The largest absolute Gasteiger partial charge is 0.481 e. The lowest BCUT2D eigenvalue weighted by Crippen LogP contribution is -2.34. The Hall–Kier alpha value is -7.01. The van der Waals surface area contributed by atoms with Gasteiger partial charge in [-0.1, -0.05) is 60.7 Å². The van der Waals surface area contributed by atoms with Crippen molar-refractivity contribution in [3.63, 3.8) is 0 Å². The summed E-state index contributed by atoms with van der Waals surface area (Å²) in [6.45, 7) is 0. The van der Waals surface area contributed by atoms with E-state index in [0.717, 1.165) is 21.8 Å². The molecule has 4 aromatic heterocycles. The number of pyridine rings is 2. The van der Waals surface area contributed by atoms with Gasteiger partial charge in [0.05, 0.1) is 38.1 Å². The quantitative estimate of drug-likeness (QED) is 0.0875. The summed E-state index contributed by atoms with van der Waals surface area (Å²) in [6.07, 6.45) is 6.90. The number of ketones is 1. The molecule has 4 unspecified atom stereocenters. The fraction of sp³-hybridized carbons (Fsp3) is 0.133. The topological polar surface area (TPSA) is 117 Å². The minimum atomic E-state index is -0.962. The summed E-state index contributed by atoms with van der Waals surface area (Å²) in [5, 5.41) is 8.83. The second-order valence-corrected chi connectivity index (χ2v) is 13.5. The molecule has 0 bridgehead atoms. The number of carbonyl (C=O) groups excluding carboxylic acids is 1. The Morgan fingerprint density at radius 3 is 1.46 bits per heavy atom. The van der Waals surface area contributed by atoms with Crippen molar-refractivity contribution < 1.29 is 23.0 Å². The number of aromatic amines is 2. The first-order chi connectivity index (χ1) is 27.4. The molecule has 0 fully saturated rings. The Balaban J connectivity index is 1.40. The Kier molecular flexibility index (Phi) is 10.1. The van der Waals surface area contributed by atoms with Gasteiger partial charge < -0.3 is 30.1 Å². The van der Waals surface area contributed by atoms with Crippen molar-refractivity contribution in [2.45, 2.75) is 23.9 Å². The van der Waals surface area contributed by atoms with E-state index in [-0.39, 0.29) is 5.78 Å². The van der Waals surface area contributed by atoms with Crippen molar-refractivity contribution in [1.82, 2.24) is 19.9 Å². The van der Waals surface area contributed by atoms with Crippen molar-refractivity contribution in [3.05, 3.63) is 180 Å². The van der Waals surface area contributed by atoms with E-state index >= 15 is 13.6 Å². The van der Waals surface area contributed by atoms with Gasteiger partial charge in [-0.25, -0.2) is 18.7 Å². The van der Waals surface area contributed by atoms with Crippen LogP contribution in [0, 0.1) is 11.6 Å². The molecule has 4 N–H and O–H groups in total. The highest BCUT2D eigenvalue weighted by atomic mass is 19.1. The van der Waals surface area contributed by atoms with Gasteiger partial charge in [0.15, 0.2) is 5.78 Å². The summed E-state index contributed by atoms with van der Waals surface area (Å²) in [7, 11) is 3.05. The van der Waals surface area contributed by atoms with E-state index in [1.165, 1.54) is 38.5 Å². The van der Waals surface area contributed by atoms with E-state index in [1.807, 2.05) is 60.9 Å². The van der Waals surface area contributed by atoms with Gasteiger partial charge in [-0.3, -0.25) is 4.79 Å². The molecule has 8 aromatic rings. The highest BCUT2D eigenvalue weighted by Gasteiger charge is 2.42. The molecular weight excluding hydrogens is 711 g/mol. The van der Waals surface area contributed by atoms with E-state index in [1.54, 1.807) is 60.9 Å². The van der Waals surface area contributed by atoms with Gasteiger partial charge in [0.1, 0.15) is 11.6 Å². The van der Waals surface area contributed by atoms with E-state index in [0.29, 0.717) is 45.4 Å². The molecule has 0 amide bonds. The summed E-state index contributed by atoms with van der Waals surface area (Å²) in [4.78, 5) is 31.7. The molecule has 280 valence electrons. The number of ether oxygens (including phenoxy) is 2. The maximum Gasteiger partial charge on any atom is 0.214 e. The van der Waals surface area contributed by atoms with E-state index in [2.05, 4.69) is 30.6 Å². The van der Waals surface area contributed by atoms with Gasteiger partial charge >= 0.3 is 0 Å². The summed E-state index contributed by atoms with van der Waals surface area (Å²) >= 11 is 0. The predicted molar refractivity (Wildman–Crippen MR) is 214 cm³/mol. The number of halogens is 2. The number of anilines is 2. The number of carbonyl (C=O) groups is 1. The second-order valence-electron chi connectivity index (χ2n) is 13.5. The summed E-state index contributed by atoms with van der Waals surface area (Å²) in [5.41, 5.74) is 5.34. The van der Waals surface area contributed by atoms with Crippen molar-refractivity contribution in [2.75, 3.05) is 24.9 Å². The molecule has 4 aromatic carbocycles. The molecule has 0 saturated carbocycles. The van der Waals surface area contributed by atoms with Gasteiger partial charge in [0, 0.05) is 70.1 Å². The highest BCUT2D eigenvalue weighted by Crippen LogP contribution is 2.47. The summed E-state index contributed by atoms with van der Waals surface area (Å²) < 4.78 is 41.5. The Labute approximate surface area is 321 Å². The molecule has 0 saturated heterocycles. The molecule has 0 spiro atoms. The van der Waals surface area contributed by atoms with Crippen LogP contribution in [0.15, 0.2) is 146 Å². The molecular formula is C45H38F2N6O3. The average molecular weight is 749 g/mol. The van der Waals surface area contributed by atoms with Gasteiger partial charge in [0.25, 0.3) is 0 Å². The number of hydrogen-bond donors (Lipinski definition) is 4. The number of nitrogens with zero attached hydrogens (tertiary/aromatic N) is 2. The van der Waals surface area contributed by atoms with Gasteiger partial charge in [-0.05, 0) is 70.8 Å². The number of rotatable bonds is 14. The van der Waals surface area contributed by atoms with Crippen LogP contribution in [0.1, 0.15) is 46.2 Å². The number of Topliss-reactive ketones (excluding diaryl/α,β-unsaturated/α-hetero) is 1. The standard InChI is InChI=1S/C45H38F2N6O3/c1-55-39-23-31(17-19-48-39)52-43(27-9-7-11-29(46)21-27)41(35-25-50-37-15-5-3-13-33(35)37)45(54)42(36-26-51-38-16-6-4-14-34(36)38)44(28-10-8-12-30(47)22-28)53-32-18-20-49-40(24-32)56-2/h3-26,41-44,50-51H,1-2H3,(H,48,52)(H,49,53). The van der Waals surface area contributed by atoms with Crippen molar-refractivity contribution in [3.8, 4) is 11.8 Å². The summed E-state index contributed by atoms with van der Waals surface area (Å²) in [5.74, 6) is -2.32. The molecule has 4 heterocycles. The first kappa shape index (κ1) is 36.0. The number of methoxy groups -OCH3 is 2. The third-order valence-electron chi connectivity index (χ3n) is 10.1. The highest BCUT2D eigenvalue weighted by molar-refractivity contribution is 6.01. The molecule has 0 radical (unpaired) electrons. The van der Waals surface area contributed by atoms with Crippen LogP contribution in [0.25, 0.3) is 21.8 Å². The van der Waals surface area contributed by atoms with Crippen molar-refractivity contribution in [2.24, 2.45) is 0 Å². The zero-order valence-corrected chi connectivity index (χ0v) is 30.5. The van der Waals surface area contributed by atoms with E-state index in [9.17, 15) is 0 Å². The lowest BCUT2D eigenvalue weighted by atomic mass is 9.73. The zero-order valence-electron chi connectivity index (χ0n) is 30.5. The fourth-order valence-electron chi connectivity index (χ4n) is 7.59. The smallest absolute Gasteiger partial charge is 0.214 e. The first-order valence-corrected chi connectivity index (χ1v) is 18.1. The monoisotopic (exact) mass is 748 g/mol. The molecule has 8 rings (SSSR count). The number of fused-ring (bicyclic) bond motifs is 2. The third-order valence-corrected chi connectivity index (χ3v) is 10.1. The van der Waals surface area contributed by atoms with Gasteiger partial charge in [-0.15, -0.1) is 0 Å². The number of hydrogen-bond acceptors (Lipinski definition) is 7. The normalized spacial score (nSPS) is 13.5. The molecule has 56 heavy (non-hydrogen) atoms. The molecule has 4 atom stereocenters. The predicted octanol–water partition coefficient (Wildman–Crippen LogP) is 9.88. The molecule has 9 nitrogen and oxygen atoms in total.